The largest absolute Gasteiger partial charge is 0.452 e. The molecule has 0 saturated carbocycles. The van der Waals surface area contributed by atoms with E-state index in [-0.39, 0.29) is 5.56 Å². The van der Waals surface area contributed by atoms with Gasteiger partial charge in [0.15, 0.2) is 6.61 Å². The van der Waals surface area contributed by atoms with Gasteiger partial charge in [-0.15, -0.1) is 0 Å². The van der Waals surface area contributed by atoms with Crippen LogP contribution in [0.15, 0.2) is 46.9 Å². The van der Waals surface area contributed by atoms with Gasteiger partial charge in [0.25, 0.3) is 5.91 Å². The van der Waals surface area contributed by atoms with Crippen LogP contribution in [0.2, 0.25) is 0 Å². The highest BCUT2D eigenvalue weighted by Crippen LogP contribution is 2.17. The Balaban J connectivity index is 1.96. The first-order chi connectivity index (χ1) is 11.0. The Morgan fingerprint density at radius 3 is 2.70 bits per heavy atom. The van der Waals surface area contributed by atoms with Gasteiger partial charge in [-0.3, -0.25) is 4.79 Å². The van der Waals surface area contributed by atoms with Gasteiger partial charge < -0.3 is 10.1 Å². The Morgan fingerprint density at radius 2 is 1.96 bits per heavy atom. The fraction of sp³-hybridized carbons (Fsp3) is 0.176. The zero-order valence-electron chi connectivity index (χ0n) is 12.4. The second-order valence-electron chi connectivity index (χ2n) is 4.76. The fourth-order valence-corrected chi connectivity index (χ4v) is 2.36. The highest BCUT2D eigenvalue weighted by molar-refractivity contribution is 9.10. The molecule has 0 aromatic heterocycles. The number of para-hydroxylation sites is 1. The number of esters is 1. The minimum atomic E-state index is -0.886. The van der Waals surface area contributed by atoms with Gasteiger partial charge in [0.05, 0.1) is 5.56 Å². The van der Waals surface area contributed by atoms with Crippen LogP contribution in [0.4, 0.5) is 10.1 Å². The van der Waals surface area contributed by atoms with Crippen LogP contribution in [0.3, 0.4) is 0 Å². The monoisotopic (exact) mass is 379 g/mol. The lowest BCUT2D eigenvalue weighted by molar-refractivity contribution is -0.119. The summed E-state index contributed by atoms with van der Waals surface area (Å²) < 4.78 is 19.0. The van der Waals surface area contributed by atoms with Crippen molar-refractivity contribution in [1.29, 1.82) is 0 Å². The number of hydrogen-bond acceptors (Lipinski definition) is 3. The zero-order chi connectivity index (χ0) is 16.8. The molecule has 0 saturated heterocycles. The van der Waals surface area contributed by atoms with Crippen molar-refractivity contribution in [1.82, 2.24) is 0 Å². The number of amides is 1. The summed E-state index contributed by atoms with van der Waals surface area (Å²) in [5, 5.41) is 2.68. The number of aryl methyl sites for hydroxylation is 1. The number of anilines is 1. The number of rotatable bonds is 5. The van der Waals surface area contributed by atoms with E-state index in [0.29, 0.717) is 10.2 Å². The Morgan fingerprint density at radius 1 is 1.22 bits per heavy atom. The van der Waals surface area contributed by atoms with Crippen LogP contribution in [0.5, 0.6) is 0 Å². The van der Waals surface area contributed by atoms with Gasteiger partial charge in [-0.1, -0.05) is 41.1 Å². The van der Waals surface area contributed by atoms with Crippen molar-refractivity contribution in [3.63, 3.8) is 0 Å². The van der Waals surface area contributed by atoms with Gasteiger partial charge in [0, 0.05) is 10.2 Å². The molecule has 0 unspecified atom stereocenters. The Hall–Kier alpha value is -2.21. The van der Waals surface area contributed by atoms with Crippen molar-refractivity contribution in [2.45, 2.75) is 13.3 Å². The average molecular weight is 380 g/mol. The van der Waals surface area contributed by atoms with Gasteiger partial charge in [-0.05, 0) is 36.2 Å². The lowest BCUT2D eigenvalue weighted by Crippen LogP contribution is -2.22. The molecule has 0 spiro atoms. The molecule has 23 heavy (non-hydrogen) atoms. The van der Waals surface area contributed by atoms with Crippen molar-refractivity contribution >= 4 is 33.5 Å². The molecule has 0 bridgehead atoms. The highest BCUT2D eigenvalue weighted by Gasteiger charge is 2.15. The molecule has 120 valence electrons. The van der Waals surface area contributed by atoms with Gasteiger partial charge in [0.2, 0.25) is 0 Å². The number of ether oxygens (including phenoxy) is 1. The maximum atomic E-state index is 13.6. The molecule has 1 N–H and O–H groups in total. The van der Waals surface area contributed by atoms with Crippen molar-refractivity contribution < 1.29 is 18.7 Å². The molecule has 4 nitrogen and oxygen atoms in total. The van der Waals surface area contributed by atoms with Crippen molar-refractivity contribution in [2.24, 2.45) is 0 Å². The molecule has 0 atom stereocenters. The topological polar surface area (TPSA) is 55.4 Å². The predicted octanol–water partition coefficient (Wildman–Crippen LogP) is 3.95. The molecular weight excluding hydrogens is 365 g/mol. The van der Waals surface area contributed by atoms with E-state index < -0.39 is 24.3 Å². The third-order valence-electron chi connectivity index (χ3n) is 3.16. The lowest BCUT2D eigenvalue weighted by Gasteiger charge is -2.10. The minimum absolute atomic E-state index is 0.221. The fourth-order valence-electron chi connectivity index (χ4n) is 2.00. The van der Waals surface area contributed by atoms with E-state index in [1.807, 2.05) is 19.1 Å². The van der Waals surface area contributed by atoms with Crippen LogP contribution in [-0.2, 0) is 16.0 Å². The molecule has 0 aliphatic heterocycles. The standard InChI is InChI=1S/C17H15BrFNO3/c1-2-11-5-3-4-6-15(11)20-16(21)10-23-17(22)13-9-12(18)7-8-14(13)19/h3-9H,2,10H2,1H3,(H,20,21). The van der Waals surface area contributed by atoms with Crippen molar-refractivity contribution in [2.75, 3.05) is 11.9 Å². The van der Waals surface area contributed by atoms with Crippen LogP contribution in [0.25, 0.3) is 0 Å². The molecular formula is C17H15BrFNO3. The van der Waals surface area contributed by atoms with E-state index in [2.05, 4.69) is 21.2 Å². The Labute approximate surface area is 141 Å². The first-order valence-electron chi connectivity index (χ1n) is 7.01. The van der Waals surface area contributed by atoms with Gasteiger partial charge in [-0.2, -0.15) is 0 Å². The van der Waals surface area contributed by atoms with E-state index in [1.54, 1.807) is 12.1 Å². The first kappa shape index (κ1) is 17.1. The Bertz CT molecular complexity index is 734. The van der Waals surface area contributed by atoms with Gasteiger partial charge in [0.1, 0.15) is 5.82 Å². The maximum Gasteiger partial charge on any atom is 0.341 e. The van der Waals surface area contributed by atoms with E-state index in [1.165, 1.54) is 12.1 Å². The quantitative estimate of drug-likeness (QED) is 0.800. The molecule has 2 rings (SSSR count). The zero-order valence-corrected chi connectivity index (χ0v) is 14.0. The molecule has 0 aliphatic carbocycles. The minimum Gasteiger partial charge on any atom is -0.452 e. The molecule has 1 amide bonds. The molecule has 2 aromatic carbocycles. The van der Waals surface area contributed by atoms with E-state index in [9.17, 15) is 14.0 Å². The molecule has 0 heterocycles. The SMILES string of the molecule is CCc1ccccc1NC(=O)COC(=O)c1cc(Br)ccc1F. The van der Waals surface area contributed by atoms with E-state index in [4.69, 9.17) is 4.74 Å². The second kappa shape index (κ2) is 7.87. The number of benzene rings is 2. The molecule has 2 aromatic rings. The summed E-state index contributed by atoms with van der Waals surface area (Å²) in [6, 6.07) is 11.3. The summed E-state index contributed by atoms with van der Waals surface area (Å²) in [6.07, 6.45) is 0.763. The predicted molar refractivity (Wildman–Crippen MR) is 88.8 cm³/mol. The van der Waals surface area contributed by atoms with Crippen LogP contribution in [0.1, 0.15) is 22.8 Å². The van der Waals surface area contributed by atoms with Crippen molar-refractivity contribution in [3.8, 4) is 0 Å². The summed E-state index contributed by atoms with van der Waals surface area (Å²) in [5.41, 5.74) is 1.43. The van der Waals surface area contributed by atoms with Crippen LogP contribution in [0, 0.1) is 5.82 Å². The summed E-state index contributed by atoms with van der Waals surface area (Å²) >= 11 is 3.15. The second-order valence-corrected chi connectivity index (χ2v) is 5.67. The number of halogens is 2. The van der Waals surface area contributed by atoms with Crippen LogP contribution < -0.4 is 5.32 Å². The number of nitrogens with one attached hydrogen (secondary N) is 1. The highest BCUT2D eigenvalue weighted by atomic mass is 79.9. The summed E-state index contributed by atoms with van der Waals surface area (Å²) in [7, 11) is 0. The van der Waals surface area contributed by atoms with Gasteiger partial charge >= 0.3 is 5.97 Å². The molecule has 0 aliphatic rings. The smallest absolute Gasteiger partial charge is 0.341 e. The maximum absolute atomic E-state index is 13.6. The summed E-state index contributed by atoms with van der Waals surface area (Å²) in [6.45, 7) is 1.49. The van der Waals surface area contributed by atoms with Gasteiger partial charge in [-0.25, -0.2) is 9.18 Å². The Kier molecular flexibility index (Phi) is 5.87. The molecule has 0 radical (unpaired) electrons. The normalized spacial score (nSPS) is 10.2. The van der Waals surface area contributed by atoms with Crippen molar-refractivity contribution in [3.05, 3.63) is 63.9 Å². The average Bonchev–Trinajstić information content (AvgIpc) is 2.55. The summed E-state index contributed by atoms with van der Waals surface area (Å²) in [4.78, 5) is 23.7. The number of hydrogen-bond donors (Lipinski definition) is 1. The van der Waals surface area contributed by atoms with Crippen LogP contribution in [-0.4, -0.2) is 18.5 Å². The third kappa shape index (κ3) is 4.63. The molecule has 0 fully saturated rings. The first-order valence-corrected chi connectivity index (χ1v) is 7.80. The van der Waals surface area contributed by atoms with E-state index in [0.717, 1.165) is 18.1 Å². The third-order valence-corrected chi connectivity index (χ3v) is 3.65. The molecule has 6 heteroatoms. The van der Waals surface area contributed by atoms with Crippen LogP contribution >= 0.6 is 15.9 Å². The summed E-state index contributed by atoms with van der Waals surface area (Å²) in [5.74, 6) is -2.06. The van der Waals surface area contributed by atoms with E-state index >= 15 is 0 Å². The lowest BCUT2D eigenvalue weighted by atomic mass is 10.1. The number of carbonyl (C=O) groups is 2. The number of carbonyl (C=O) groups excluding carboxylic acids is 2.